The molecule has 0 saturated carbocycles. The number of hydrogen-bond acceptors (Lipinski definition) is 5. The Morgan fingerprint density at radius 2 is 1.63 bits per heavy atom. The average molecular weight is 433 g/mol. The molecule has 0 aliphatic carbocycles. The first kappa shape index (κ1) is 18.6. The lowest BCUT2D eigenvalue weighted by molar-refractivity contribution is -0.121. The van der Waals surface area contributed by atoms with Crippen LogP contribution in [0.5, 0.6) is 0 Å². The van der Waals surface area contributed by atoms with E-state index in [2.05, 4.69) is 21.2 Å². The minimum atomic E-state index is -1.36. The van der Waals surface area contributed by atoms with Crippen LogP contribution in [-0.2, 0) is 9.59 Å². The predicted molar refractivity (Wildman–Crippen MR) is 99.0 cm³/mol. The molecule has 1 aliphatic heterocycles. The number of anilines is 2. The molecule has 0 bridgehead atoms. The van der Waals surface area contributed by atoms with Gasteiger partial charge in [0.25, 0.3) is 5.91 Å². The second-order valence-electron chi connectivity index (χ2n) is 5.83. The number of benzene rings is 2. The Balaban J connectivity index is 1.94. The first-order valence-corrected chi connectivity index (χ1v) is 8.57. The van der Waals surface area contributed by atoms with Gasteiger partial charge in [-0.2, -0.15) is 0 Å². The third-order valence-corrected chi connectivity index (χ3v) is 4.71. The van der Waals surface area contributed by atoms with Gasteiger partial charge in [0.15, 0.2) is 0 Å². The quantitative estimate of drug-likeness (QED) is 0.620. The average Bonchev–Trinajstić information content (AvgIpc) is 2.90. The van der Waals surface area contributed by atoms with E-state index in [1.54, 1.807) is 24.3 Å². The molecule has 1 aliphatic rings. The van der Waals surface area contributed by atoms with Crippen molar-refractivity contribution in [1.82, 2.24) is 0 Å². The van der Waals surface area contributed by atoms with E-state index < -0.39 is 29.8 Å². The number of halogens is 1. The summed E-state index contributed by atoms with van der Waals surface area (Å²) in [6.45, 7) is 0. The summed E-state index contributed by atoms with van der Waals surface area (Å²) < 4.78 is 0.713. The highest BCUT2D eigenvalue weighted by Gasteiger charge is 2.40. The number of rotatable bonds is 5. The van der Waals surface area contributed by atoms with Crippen molar-refractivity contribution in [3.05, 3.63) is 58.1 Å². The van der Waals surface area contributed by atoms with Crippen molar-refractivity contribution in [3.63, 3.8) is 0 Å². The van der Waals surface area contributed by atoms with Gasteiger partial charge in [-0.1, -0.05) is 12.1 Å². The number of hydrogen-bond donors (Lipinski definition) is 3. The van der Waals surface area contributed by atoms with Gasteiger partial charge in [0.1, 0.15) is 6.04 Å². The number of carbonyl (C=O) groups excluding carboxylic acids is 2. The Hall–Kier alpha value is -3.20. The molecule has 27 heavy (non-hydrogen) atoms. The maximum atomic E-state index is 12.7. The monoisotopic (exact) mass is 432 g/mol. The summed E-state index contributed by atoms with van der Waals surface area (Å²) >= 11 is 3.35. The van der Waals surface area contributed by atoms with Crippen molar-refractivity contribution >= 4 is 51.1 Å². The number of amides is 2. The molecule has 1 saturated heterocycles. The maximum Gasteiger partial charge on any atom is 0.335 e. The van der Waals surface area contributed by atoms with Crippen LogP contribution in [-0.4, -0.2) is 40.0 Å². The SMILES string of the molecule is O=C(O)c1cc(C(=O)O)cc(N2C(=O)CC(Nc3ccccc3Br)C2=O)c1. The number of carbonyl (C=O) groups is 4. The summed E-state index contributed by atoms with van der Waals surface area (Å²) in [7, 11) is 0. The molecule has 0 aromatic heterocycles. The summed E-state index contributed by atoms with van der Waals surface area (Å²) in [6.07, 6.45) is -0.139. The van der Waals surface area contributed by atoms with Crippen LogP contribution in [0.25, 0.3) is 0 Å². The Labute approximate surface area is 161 Å². The lowest BCUT2D eigenvalue weighted by Gasteiger charge is -2.17. The Kier molecular flexibility index (Phi) is 4.95. The summed E-state index contributed by atoms with van der Waals surface area (Å²) in [5.74, 6) is -3.86. The minimum absolute atomic E-state index is 0.0845. The molecule has 2 aromatic carbocycles. The second kappa shape index (κ2) is 7.20. The zero-order valence-corrected chi connectivity index (χ0v) is 15.3. The van der Waals surface area contributed by atoms with Crippen molar-refractivity contribution in [2.24, 2.45) is 0 Å². The van der Waals surface area contributed by atoms with Gasteiger partial charge in [-0.15, -0.1) is 0 Å². The molecule has 8 nitrogen and oxygen atoms in total. The Bertz CT molecular complexity index is 942. The van der Waals surface area contributed by atoms with Gasteiger partial charge in [-0.05, 0) is 46.3 Å². The fourth-order valence-corrected chi connectivity index (χ4v) is 3.17. The minimum Gasteiger partial charge on any atom is -0.478 e. The molecular formula is C18H13BrN2O6. The Morgan fingerprint density at radius 3 is 2.19 bits per heavy atom. The van der Waals surface area contributed by atoms with Gasteiger partial charge >= 0.3 is 11.9 Å². The van der Waals surface area contributed by atoms with Crippen LogP contribution in [0.4, 0.5) is 11.4 Å². The van der Waals surface area contributed by atoms with Crippen molar-refractivity contribution < 1.29 is 29.4 Å². The molecule has 0 radical (unpaired) electrons. The Morgan fingerprint density at radius 1 is 1.04 bits per heavy atom. The smallest absolute Gasteiger partial charge is 0.335 e. The number of carboxylic acid groups (broad SMARTS) is 2. The molecule has 2 aromatic rings. The summed E-state index contributed by atoms with van der Waals surface area (Å²) in [4.78, 5) is 48.4. The van der Waals surface area contributed by atoms with Crippen LogP contribution < -0.4 is 10.2 Å². The van der Waals surface area contributed by atoms with Crippen LogP contribution in [0.2, 0.25) is 0 Å². The zero-order valence-electron chi connectivity index (χ0n) is 13.7. The lowest BCUT2D eigenvalue weighted by Crippen LogP contribution is -2.35. The van der Waals surface area contributed by atoms with Crippen molar-refractivity contribution in [1.29, 1.82) is 0 Å². The highest BCUT2D eigenvalue weighted by molar-refractivity contribution is 9.10. The largest absolute Gasteiger partial charge is 0.478 e. The predicted octanol–water partition coefficient (Wildman–Crippen LogP) is 2.59. The van der Waals surface area contributed by atoms with E-state index in [1.165, 1.54) is 0 Å². The zero-order chi connectivity index (χ0) is 19.7. The molecular weight excluding hydrogens is 420 g/mol. The lowest BCUT2D eigenvalue weighted by atomic mass is 10.1. The fraction of sp³-hybridized carbons (Fsp3) is 0.111. The van der Waals surface area contributed by atoms with Crippen LogP contribution in [0.15, 0.2) is 46.9 Å². The van der Waals surface area contributed by atoms with E-state index in [-0.39, 0.29) is 23.2 Å². The van der Waals surface area contributed by atoms with Crippen LogP contribution >= 0.6 is 15.9 Å². The van der Waals surface area contributed by atoms with E-state index in [9.17, 15) is 19.2 Å². The summed E-state index contributed by atoms with van der Waals surface area (Å²) in [5.41, 5.74) is -0.116. The van der Waals surface area contributed by atoms with Crippen molar-refractivity contribution in [3.8, 4) is 0 Å². The van der Waals surface area contributed by atoms with E-state index in [0.29, 0.717) is 10.2 Å². The summed E-state index contributed by atoms with van der Waals surface area (Å²) in [6, 6.07) is 9.40. The molecule has 0 spiro atoms. The standard InChI is InChI=1S/C18H13BrN2O6/c19-12-3-1-2-4-13(12)20-14-8-15(22)21(16(14)23)11-6-9(17(24)25)5-10(7-11)18(26)27/h1-7,14,20H,8H2,(H,24,25)(H,26,27). The number of para-hydroxylation sites is 1. The van der Waals surface area contributed by atoms with Crippen LogP contribution in [0.3, 0.4) is 0 Å². The van der Waals surface area contributed by atoms with Crippen molar-refractivity contribution in [2.45, 2.75) is 12.5 Å². The van der Waals surface area contributed by atoms with E-state index in [1.807, 2.05) is 0 Å². The normalized spacial score (nSPS) is 16.5. The maximum absolute atomic E-state index is 12.7. The first-order valence-electron chi connectivity index (χ1n) is 7.77. The third-order valence-electron chi connectivity index (χ3n) is 4.02. The molecule has 138 valence electrons. The molecule has 1 heterocycles. The number of aromatic carboxylic acids is 2. The molecule has 9 heteroatoms. The van der Waals surface area contributed by atoms with Gasteiger partial charge in [-0.25, -0.2) is 14.5 Å². The highest BCUT2D eigenvalue weighted by atomic mass is 79.9. The van der Waals surface area contributed by atoms with Crippen LogP contribution in [0, 0.1) is 0 Å². The number of nitrogens with one attached hydrogen (secondary N) is 1. The molecule has 1 fully saturated rings. The van der Waals surface area contributed by atoms with Gasteiger partial charge in [0.05, 0.1) is 23.2 Å². The van der Waals surface area contributed by atoms with Gasteiger partial charge in [0, 0.05) is 10.2 Å². The van der Waals surface area contributed by atoms with Crippen LogP contribution in [0.1, 0.15) is 27.1 Å². The topological polar surface area (TPSA) is 124 Å². The first-order chi connectivity index (χ1) is 12.8. The second-order valence-corrected chi connectivity index (χ2v) is 6.68. The highest BCUT2D eigenvalue weighted by Crippen LogP contribution is 2.29. The molecule has 2 amide bonds. The fourth-order valence-electron chi connectivity index (χ4n) is 2.77. The van der Waals surface area contributed by atoms with E-state index in [0.717, 1.165) is 23.1 Å². The van der Waals surface area contributed by atoms with E-state index in [4.69, 9.17) is 10.2 Å². The molecule has 1 atom stereocenters. The van der Waals surface area contributed by atoms with E-state index >= 15 is 0 Å². The third kappa shape index (κ3) is 3.68. The van der Waals surface area contributed by atoms with Gasteiger partial charge in [-0.3, -0.25) is 9.59 Å². The molecule has 3 rings (SSSR count). The molecule has 1 unspecified atom stereocenters. The van der Waals surface area contributed by atoms with Crippen molar-refractivity contribution in [2.75, 3.05) is 10.2 Å². The number of carboxylic acids is 2. The molecule has 3 N–H and O–H groups in total. The van der Waals surface area contributed by atoms with Gasteiger partial charge in [0.2, 0.25) is 5.91 Å². The van der Waals surface area contributed by atoms with Gasteiger partial charge < -0.3 is 15.5 Å². The number of nitrogens with zero attached hydrogens (tertiary/aromatic N) is 1. The summed E-state index contributed by atoms with van der Waals surface area (Å²) in [5, 5.41) is 21.3. The number of imide groups is 1.